The van der Waals surface area contributed by atoms with E-state index in [9.17, 15) is 9.59 Å². The lowest BCUT2D eigenvalue weighted by Gasteiger charge is -2.21. The fraction of sp³-hybridized carbons (Fsp3) is 0.235. The Balaban J connectivity index is 1.40. The predicted octanol–water partition coefficient (Wildman–Crippen LogP) is 6.39. The number of anilines is 2. The van der Waals surface area contributed by atoms with Crippen molar-refractivity contribution in [1.82, 2.24) is 5.32 Å². The Hall–Kier alpha value is -4.62. The fourth-order valence-electron chi connectivity index (χ4n) is 4.24. The minimum absolute atomic E-state index is 0.00658. The van der Waals surface area contributed by atoms with E-state index in [1.165, 1.54) is 5.56 Å². The van der Waals surface area contributed by atoms with E-state index in [0.29, 0.717) is 36.7 Å². The SMILES string of the molecule is CC(C)(C)c1ccc(NC(=O)[C@H](Cc2ccc(CN)cc2)NC(=O)Nc2ccc(OCc3ccccc3)cc2)cc1. The molecule has 0 aliphatic heterocycles. The van der Waals surface area contributed by atoms with E-state index in [1.54, 1.807) is 24.3 Å². The maximum absolute atomic E-state index is 13.4. The van der Waals surface area contributed by atoms with Crippen LogP contribution in [0.5, 0.6) is 5.75 Å². The van der Waals surface area contributed by atoms with Crippen molar-refractivity contribution >= 4 is 23.3 Å². The van der Waals surface area contributed by atoms with Crippen LogP contribution in [0.15, 0.2) is 103 Å². The topological polar surface area (TPSA) is 105 Å². The monoisotopic (exact) mass is 550 g/mol. The van der Waals surface area contributed by atoms with Gasteiger partial charge in [-0.1, -0.05) is 87.5 Å². The molecule has 0 fully saturated rings. The number of carbonyl (C=O) groups is 2. The third-order valence-corrected chi connectivity index (χ3v) is 6.70. The molecule has 41 heavy (non-hydrogen) atoms. The lowest BCUT2D eigenvalue weighted by Crippen LogP contribution is -2.46. The summed E-state index contributed by atoms with van der Waals surface area (Å²) in [5.41, 5.74) is 11.1. The van der Waals surface area contributed by atoms with Crippen LogP contribution >= 0.6 is 0 Å². The quantitative estimate of drug-likeness (QED) is 0.184. The molecule has 0 aliphatic carbocycles. The Labute approximate surface area is 242 Å². The molecule has 0 heterocycles. The van der Waals surface area contributed by atoms with Crippen LogP contribution in [0.1, 0.15) is 43.0 Å². The van der Waals surface area contributed by atoms with Gasteiger partial charge >= 0.3 is 6.03 Å². The molecular weight excluding hydrogens is 512 g/mol. The Morgan fingerprint density at radius 2 is 1.32 bits per heavy atom. The van der Waals surface area contributed by atoms with Gasteiger partial charge in [-0.05, 0) is 64.1 Å². The van der Waals surface area contributed by atoms with Gasteiger partial charge in [0, 0.05) is 24.3 Å². The first kappa shape index (κ1) is 29.4. The lowest BCUT2D eigenvalue weighted by molar-refractivity contribution is -0.117. The van der Waals surface area contributed by atoms with E-state index in [2.05, 4.69) is 36.7 Å². The second-order valence-corrected chi connectivity index (χ2v) is 11.0. The minimum Gasteiger partial charge on any atom is -0.489 e. The van der Waals surface area contributed by atoms with Crippen LogP contribution < -0.4 is 26.4 Å². The summed E-state index contributed by atoms with van der Waals surface area (Å²) in [6.45, 7) is 7.31. The zero-order valence-electron chi connectivity index (χ0n) is 23.8. The number of nitrogens with two attached hydrogens (primary N) is 1. The second kappa shape index (κ2) is 13.6. The molecule has 3 amide bonds. The molecular formula is C34H38N4O3. The minimum atomic E-state index is -0.811. The van der Waals surface area contributed by atoms with Crippen LogP contribution in [0.4, 0.5) is 16.2 Å². The van der Waals surface area contributed by atoms with Gasteiger partial charge in [-0.3, -0.25) is 4.79 Å². The molecule has 4 aromatic carbocycles. The number of carbonyl (C=O) groups excluding carboxylic acids is 2. The highest BCUT2D eigenvalue weighted by molar-refractivity contribution is 5.99. The number of rotatable bonds is 10. The van der Waals surface area contributed by atoms with Crippen molar-refractivity contribution in [2.45, 2.75) is 51.8 Å². The van der Waals surface area contributed by atoms with Crippen LogP contribution in [0.2, 0.25) is 0 Å². The normalized spacial score (nSPS) is 11.8. The third kappa shape index (κ3) is 8.95. The molecule has 0 spiro atoms. The van der Waals surface area contributed by atoms with Gasteiger partial charge in [0.2, 0.25) is 5.91 Å². The van der Waals surface area contributed by atoms with Gasteiger partial charge in [-0.2, -0.15) is 0 Å². The number of hydrogen-bond acceptors (Lipinski definition) is 4. The zero-order chi connectivity index (χ0) is 29.2. The maximum Gasteiger partial charge on any atom is 0.319 e. The first-order valence-corrected chi connectivity index (χ1v) is 13.7. The average molecular weight is 551 g/mol. The summed E-state index contributed by atoms with van der Waals surface area (Å²) in [5.74, 6) is 0.381. The fourth-order valence-corrected chi connectivity index (χ4v) is 4.24. The molecule has 0 radical (unpaired) electrons. The van der Waals surface area contributed by atoms with Crippen molar-refractivity contribution in [3.63, 3.8) is 0 Å². The maximum atomic E-state index is 13.4. The molecule has 4 rings (SSSR count). The number of benzene rings is 4. The van der Waals surface area contributed by atoms with E-state index in [-0.39, 0.29) is 11.3 Å². The molecule has 0 bridgehead atoms. The van der Waals surface area contributed by atoms with E-state index in [4.69, 9.17) is 10.5 Å². The van der Waals surface area contributed by atoms with Crippen LogP contribution in [-0.4, -0.2) is 18.0 Å². The Kier molecular flexibility index (Phi) is 9.77. The molecule has 4 aromatic rings. The molecule has 7 nitrogen and oxygen atoms in total. The highest BCUT2D eigenvalue weighted by Crippen LogP contribution is 2.24. The summed E-state index contributed by atoms with van der Waals surface area (Å²) >= 11 is 0. The number of hydrogen-bond donors (Lipinski definition) is 4. The molecule has 0 unspecified atom stereocenters. The predicted molar refractivity (Wildman–Crippen MR) is 165 cm³/mol. The van der Waals surface area contributed by atoms with Crippen LogP contribution in [0.25, 0.3) is 0 Å². The largest absolute Gasteiger partial charge is 0.489 e. The van der Waals surface area contributed by atoms with Crippen molar-refractivity contribution in [2.24, 2.45) is 5.73 Å². The molecule has 1 atom stereocenters. The molecule has 5 N–H and O–H groups in total. The highest BCUT2D eigenvalue weighted by atomic mass is 16.5. The Morgan fingerprint density at radius 3 is 1.93 bits per heavy atom. The van der Waals surface area contributed by atoms with Gasteiger partial charge in [0.1, 0.15) is 18.4 Å². The highest BCUT2D eigenvalue weighted by Gasteiger charge is 2.22. The van der Waals surface area contributed by atoms with E-state index < -0.39 is 12.1 Å². The van der Waals surface area contributed by atoms with Crippen LogP contribution in [-0.2, 0) is 29.8 Å². The van der Waals surface area contributed by atoms with Gasteiger partial charge in [0.05, 0.1) is 0 Å². The zero-order valence-corrected chi connectivity index (χ0v) is 23.8. The van der Waals surface area contributed by atoms with Crippen LogP contribution in [0.3, 0.4) is 0 Å². The van der Waals surface area contributed by atoms with Crippen molar-refractivity contribution in [3.8, 4) is 5.75 Å². The molecule has 0 aromatic heterocycles. The van der Waals surface area contributed by atoms with Gasteiger partial charge < -0.3 is 26.4 Å². The van der Waals surface area contributed by atoms with Gasteiger partial charge in [-0.15, -0.1) is 0 Å². The van der Waals surface area contributed by atoms with Crippen LogP contribution in [0, 0.1) is 0 Å². The molecule has 0 saturated carbocycles. The van der Waals surface area contributed by atoms with E-state index in [0.717, 1.165) is 16.7 Å². The first-order chi connectivity index (χ1) is 19.7. The first-order valence-electron chi connectivity index (χ1n) is 13.7. The number of nitrogens with one attached hydrogen (secondary N) is 3. The summed E-state index contributed by atoms with van der Waals surface area (Å²) in [4.78, 5) is 26.3. The average Bonchev–Trinajstić information content (AvgIpc) is 2.97. The van der Waals surface area contributed by atoms with Gasteiger partial charge in [0.25, 0.3) is 0 Å². The number of ether oxygens (including phenoxy) is 1. The Morgan fingerprint density at radius 1 is 0.732 bits per heavy atom. The molecule has 212 valence electrons. The van der Waals surface area contributed by atoms with Crippen molar-refractivity contribution < 1.29 is 14.3 Å². The summed E-state index contributed by atoms with van der Waals surface area (Å²) in [6, 6.07) is 31.2. The second-order valence-electron chi connectivity index (χ2n) is 11.0. The summed E-state index contributed by atoms with van der Waals surface area (Å²) < 4.78 is 5.82. The van der Waals surface area contributed by atoms with Gasteiger partial charge in [-0.25, -0.2) is 4.79 Å². The summed E-state index contributed by atoms with van der Waals surface area (Å²) in [6.07, 6.45) is 0.316. The van der Waals surface area contributed by atoms with E-state index in [1.807, 2.05) is 78.9 Å². The van der Waals surface area contributed by atoms with E-state index >= 15 is 0 Å². The Bertz CT molecular complexity index is 1410. The van der Waals surface area contributed by atoms with Gasteiger partial charge in [0.15, 0.2) is 0 Å². The van der Waals surface area contributed by atoms with Crippen molar-refractivity contribution in [3.05, 3.63) is 125 Å². The number of amides is 3. The third-order valence-electron chi connectivity index (χ3n) is 6.70. The summed E-state index contributed by atoms with van der Waals surface area (Å²) in [5, 5.41) is 8.61. The summed E-state index contributed by atoms with van der Waals surface area (Å²) in [7, 11) is 0. The standard InChI is InChI=1S/C34H38N4O3/c1-34(2,3)27-13-15-28(16-14-27)36-32(39)31(21-24-9-11-25(22-35)12-10-24)38-33(40)37-29-17-19-30(20-18-29)41-23-26-7-5-4-6-8-26/h4-20,31H,21-23,35H2,1-3H3,(H,36,39)(H2,37,38,40)/t31-/m0/s1. The lowest BCUT2D eigenvalue weighted by atomic mass is 9.87. The van der Waals surface area contributed by atoms with Crippen molar-refractivity contribution in [1.29, 1.82) is 0 Å². The molecule has 0 saturated heterocycles. The smallest absolute Gasteiger partial charge is 0.319 e. The molecule has 7 heteroatoms. The van der Waals surface area contributed by atoms with Crippen molar-refractivity contribution in [2.75, 3.05) is 10.6 Å². The number of urea groups is 1. The molecule has 0 aliphatic rings.